The van der Waals surface area contributed by atoms with Gasteiger partial charge < -0.3 is 10.1 Å². The van der Waals surface area contributed by atoms with Crippen LogP contribution in [0.25, 0.3) is 0 Å². The molecule has 1 unspecified atom stereocenters. The zero-order chi connectivity index (χ0) is 8.81. The summed E-state index contributed by atoms with van der Waals surface area (Å²) in [7, 11) is 0. The summed E-state index contributed by atoms with van der Waals surface area (Å²) < 4.78 is 5.35. The highest BCUT2D eigenvalue weighted by atomic mass is 16.5. The molecule has 12 heavy (non-hydrogen) atoms. The third-order valence-corrected chi connectivity index (χ3v) is 1.97. The Labute approximate surface area is 74.3 Å². The molecular formula is C10H17NO. The van der Waals surface area contributed by atoms with Gasteiger partial charge in [-0.05, 0) is 13.3 Å². The van der Waals surface area contributed by atoms with Gasteiger partial charge in [0.25, 0.3) is 0 Å². The van der Waals surface area contributed by atoms with Crippen LogP contribution >= 0.6 is 0 Å². The van der Waals surface area contributed by atoms with Crippen LogP contribution in [-0.4, -0.2) is 25.8 Å². The summed E-state index contributed by atoms with van der Waals surface area (Å²) in [4.78, 5) is 0. The molecule has 0 bridgehead atoms. The molecule has 0 aromatic heterocycles. The van der Waals surface area contributed by atoms with E-state index < -0.39 is 0 Å². The lowest BCUT2D eigenvalue weighted by Gasteiger charge is -2.23. The molecule has 0 amide bonds. The minimum Gasteiger partial charge on any atom is -0.379 e. The van der Waals surface area contributed by atoms with Gasteiger partial charge in [-0.1, -0.05) is 24.3 Å². The quantitative estimate of drug-likeness (QED) is 0.643. The molecule has 0 saturated carbocycles. The largest absolute Gasteiger partial charge is 0.379 e. The average Bonchev–Trinajstić information content (AvgIpc) is 2.06. The van der Waals surface area contributed by atoms with E-state index >= 15 is 0 Å². The van der Waals surface area contributed by atoms with Crippen LogP contribution in [0.15, 0.2) is 24.3 Å². The zero-order valence-corrected chi connectivity index (χ0v) is 7.68. The molecule has 0 aromatic carbocycles. The summed E-state index contributed by atoms with van der Waals surface area (Å²) in [5.74, 6) is 0. The first-order valence-electron chi connectivity index (χ1n) is 4.42. The summed E-state index contributed by atoms with van der Waals surface area (Å²) in [6.45, 7) is 8.45. The van der Waals surface area contributed by atoms with Crippen LogP contribution in [0.2, 0.25) is 0 Å². The Bertz CT molecular complexity index is 169. The summed E-state index contributed by atoms with van der Waals surface area (Å²) in [5.41, 5.74) is 1.35. The fourth-order valence-electron chi connectivity index (χ4n) is 1.41. The van der Waals surface area contributed by atoms with Gasteiger partial charge in [-0.2, -0.15) is 0 Å². The molecule has 0 radical (unpaired) electrons. The normalized spacial score (nSPS) is 25.4. The van der Waals surface area contributed by atoms with E-state index in [1.807, 2.05) is 6.08 Å². The van der Waals surface area contributed by atoms with Gasteiger partial charge in [0.05, 0.1) is 13.2 Å². The van der Waals surface area contributed by atoms with Crippen molar-refractivity contribution in [2.24, 2.45) is 0 Å². The number of morpholine rings is 1. The number of allylic oxidation sites excluding steroid dienone is 2. The van der Waals surface area contributed by atoms with Crippen molar-refractivity contribution < 1.29 is 4.74 Å². The predicted octanol–water partition coefficient (Wildman–Crippen LogP) is 1.50. The second kappa shape index (κ2) is 5.12. The first-order chi connectivity index (χ1) is 5.83. The maximum atomic E-state index is 5.35. The molecule has 0 aliphatic carbocycles. The molecule has 1 aliphatic rings. The van der Waals surface area contributed by atoms with Crippen molar-refractivity contribution in [3.8, 4) is 0 Å². The van der Waals surface area contributed by atoms with Crippen LogP contribution in [0.4, 0.5) is 0 Å². The van der Waals surface area contributed by atoms with E-state index in [9.17, 15) is 0 Å². The fraction of sp³-hybridized carbons (Fsp3) is 0.600. The van der Waals surface area contributed by atoms with Gasteiger partial charge >= 0.3 is 0 Å². The molecule has 0 spiro atoms. The van der Waals surface area contributed by atoms with Gasteiger partial charge in [-0.15, -0.1) is 0 Å². The summed E-state index contributed by atoms with van der Waals surface area (Å²) in [5, 5.41) is 3.41. The van der Waals surface area contributed by atoms with E-state index in [4.69, 9.17) is 4.74 Å². The smallest absolute Gasteiger partial charge is 0.0623 e. The minimum absolute atomic E-state index is 0.495. The molecule has 1 atom stereocenters. The highest BCUT2D eigenvalue weighted by Crippen LogP contribution is 2.07. The van der Waals surface area contributed by atoms with Crippen LogP contribution in [-0.2, 0) is 4.74 Å². The Morgan fingerprint density at radius 1 is 1.75 bits per heavy atom. The van der Waals surface area contributed by atoms with Crippen molar-refractivity contribution >= 4 is 0 Å². The van der Waals surface area contributed by atoms with E-state index in [1.165, 1.54) is 5.57 Å². The molecule has 1 aliphatic heterocycles. The zero-order valence-electron chi connectivity index (χ0n) is 7.68. The van der Waals surface area contributed by atoms with E-state index in [-0.39, 0.29) is 0 Å². The average molecular weight is 167 g/mol. The van der Waals surface area contributed by atoms with Crippen LogP contribution in [0.1, 0.15) is 13.3 Å². The van der Waals surface area contributed by atoms with Crippen LogP contribution < -0.4 is 5.32 Å². The van der Waals surface area contributed by atoms with Crippen LogP contribution in [0.5, 0.6) is 0 Å². The van der Waals surface area contributed by atoms with E-state index in [0.29, 0.717) is 6.04 Å². The Balaban J connectivity index is 2.28. The van der Waals surface area contributed by atoms with Gasteiger partial charge in [-0.25, -0.2) is 0 Å². The molecule has 1 fully saturated rings. The maximum absolute atomic E-state index is 5.35. The van der Waals surface area contributed by atoms with Crippen molar-refractivity contribution in [1.29, 1.82) is 0 Å². The van der Waals surface area contributed by atoms with Crippen molar-refractivity contribution in [2.45, 2.75) is 19.4 Å². The lowest BCUT2D eigenvalue weighted by molar-refractivity contribution is 0.0770. The SMILES string of the molecule is C=C/C=C(/C)CC1COCCN1. The molecular weight excluding hydrogens is 150 g/mol. The number of rotatable bonds is 3. The van der Waals surface area contributed by atoms with Crippen LogP contribution in [0, 0.1) is 0 Å². The van der Waals surface area contributed by atoms with Gasteiger partial charge in [0.1, 0.15) is 0 Å². The first-order valence-corrected chi connectivity index (χ1v) is 4.42. The topological polar surface area (TPSA) is 21.3 Å². The van der Waals surface area contributed by atoms with E-state index in [2.05, 4.69) is 24.9 Å². The Hall–Kier alpha value is -0.600. The van der Waals surface area contributed by atoms with E-state index in [0.717, 1.165) is 26.2 Å². The highest BCUT2D eigenvalue weighted by molar-refractivity contribution is 5.09. The second-order valence-electron chi connectivity index (χ2n) is 3.18. The van der Waals surface area contributed by atoms with Crippen molar-refractivity contribution in [2.75, 3.05) is 19.8 Å². The maximum Gasteiger partial charge on any atom is 0.0623 e. The molecule has 2 heteroatoms. The lowest BCUT2D eigenvalue weighted by Crippen LogP contribution is -2.41. The molecule has 1 rings (SSSR count). The first kappa shape index (κ1) is 9.49. The lowest BCUT2D eigenvalue weighted by atomic mass is 10.1. The second-order valence-corrected chi connectivity index (χ2v) is 3.18. The summed E-state index contributed by atoms with van der Waals surface area (Å²) in [6, 6.07) is 0.495. The standard InChI is InChI=1S/C10H17NO/c1-3-4-9(2)7-10-8-12-6-5-11-10/h3-4,10-11H,1,5-8H2,2H3/b9-4-. The Morgan fingerprint density at radius 3 is 3.17 bits per heavy atom. The van der Waals surface area contributed by atoms with Crippen molar-refractivity contribution in [1.82, 2.24) is 5.32 Å². The molecule has 1 saturated heterocycles. The summed E-state index contributed by atoms with van der Waals surface area (Å²) >= 11 is 0. The number of hydrogen-bond donors (Lipinski definition) is 1. The number of ether oxygens (including phenoxy) is 1. The Kier molecular flexibility index (Phi) is 4.05. The molecule has 0 aromatic rings. The molecule has 68 valence electrons. The fourth-order valence-corrected chi connectivity index (χ4v) is 1.41. The predicted molar refractivity (Wildman–Crippen MR) is 51.2 cm³/mol. The number of nitrogens with one attached hydrogen (secondary N) is 1. The van der Waals surface area contributed by atoms with Crippen molar-refractivity contribution in [3.63, 3.8) is 0 Å². The van der Waals surface area contributed by atoms with Gasteiger partial charge in [0.15, 0.2) is 0 Å². The number of hydrogen-bond acceptors (Lipinski definition) is 2. The third kappa shape index (κ3) is 3.20. The van der Waals surface area contributed by atoms with Crippen molar-refractivity contribution in [3.05, 3.63) is 24.3 Å². The van der Waals surface area contributed by atoms with Crippen LogP contribution in [0.3, 0.4) is 0 Å². The molecule has 2 nitrogen and oxygen atoms in total. The van der Waals surface area contributed by atoms with E-state index in [1.54, 1.807) is 0 Å². The van der Waals surface area contributed by atoms with Gasteiger partial charge in [0.2, 0.25) is 0 Å². The van der Waals surface area contributed by atoms with Gasteiger partial charge in [0, 0.05) is 12.6 Å². The minimum atomic E-state index is 0.495. The monoisotopic (exact) mass is 167 g/mol. The molecule has 1 N–H and O–H groups in total. The molecule has 1 heterocycles. The third-order valence-electron chi connectivity index (χ3n) is 1.97. The highest BCUT2D eigenvalue weighted by Gasteiger charge is 2.12. The summed E-state index contributed by atoms with van der Waals surface area (Å²) in [6.07, 6.45) is 4.95. The van der Waals surface area contributed by atoms with Gasteiger partial charge in [-0.3, -0.25) is 0 Å². The Morgan fingerprint density at radius 2 is 2.58 bits per heavy atom.